The van der Waals surface area contributed by atoms with E-state index in [2.05, 4.69) is 20.4 Å². The van der Waals surface area contributed by atoms with Gasteiger partial charge in [-0.2, -0.15) is 0 Å². The Bertz CT molecular complexity index is 543. The van der Waals surface area contributed by atoms with E-state index < -0.39 is 0 Å². The molecule has 1 N–H and O–H groups in total. The van der Waals surface area contributed by atoms with Crippen LogP contribution in [0.25, 0.3) is 0 Å². The molecule has 0 bridgehead atoms. The fourth-order valence-electron chi connectivity index (χ4n) is 3.75. The van der Waals surface area contributed by atoms with Crippen molar-refractivity contribution in [2.45, 2.75) is 44.7 Å². The summed E-state index contributed by atoms with van der Waals surface area (Å²) in [5, 5.41) is 11.1. The van der Waals surface area contributed by atoms with Crippen LogP contribution >= 0.6 is 0 Å². The Balaban J connectivity index is 1.39. The van der Waals surface area contributed by atoms with Crippen molar-refractivity contribution in [2.75, 3.05) is 46.4 Å². The molecule has 1 aromatic heterocycles. The minimum absolute atomic E-state index is 0.0440. The van der Waals surface area contributed by atoms with Crippen molar-refractivity contribution >= 4 is 6.03 Å². The van der Waals surface area contributed by atoms with Crippen LogP contribution in [0, 0.1) is 0 Å². The van der Waals surface area contributed by atoms with E-state index in [4.69, 9.17) is 4.74 Å². The average Bonchev–Trinajstić information content (AvgIpc) is 3.30. The molecule has 1 unspecified atom stereocenters. The number of methoxy groups -OCH3 is 1. The zero-order valence-electron chi connectivity index (χ0n) is 15.2. The van der Waals surface area contributed by atoms with Crippen molar-refractivity contribution in [3.63, 3.8) is 0 Å². The summed E-state index contributed by atoms with van der Waals surface area (Å²) in [5.74, 6) is 0.880. The van der Waals surface area contributed by atoms with Crippen molar-refractivity contribution in [1.29, 1.82) is 0 Å². The zero-order valence-corrected chi connectivity index (χ0v) is 15.2. The maximum atomic E-state index is 12.4. The van der Waals surface area contributed by atoms with Gasteiger partial charge in [-0.3, -0.25) is 4.90 Å². The molecule has 0 aliphatic carbocycles. The van der Waals surface area contributed by atoms with Gasteiger partial charge in [0.25, 0.3) is 0 Å². The van der Waals surface area contributed by atoms with Crippen LogP contribution in [0.5, 0.6) is 0 Å². The van der Waals surface area contributed by atoms with E-state index in [1.807, 2.05) is 9.47 Å². The predicted molar refractivity (Wildman–Crippen MR) is 94.4 cm³/mol. The fourth-order valence-corrected chi connectivity index (χ4v) is 3.75. The van der Waals surface area contributed by atoms with Crippen LogP contribution in [-0.4, -0.2) is 83.1 Å². The number of aromatic nitrogens is 3. The normalized spacial score (nSPS) is 21.6. The Kier molecular flexibility index (Phi) is 6.63. The lowest BCUT2D eigenvalue weighted by Crippen LogP contribution is -2.44. The van der Waals surface area contributed by atoms with Crippen LogP contribution in [0.4, 0.5) is 4.79 Å². The molecule has 0 saturated carbocycles. The van der Waals surface area contributed by atoms with Gasteiger partial charge in [0, 0.05) is 45.8 Å². The van der Waals surface area contributed by atoms with Gasteiger partial charge in [-0.15, -0.1) is 10.2 Å². The maximum Gasteiger partial charge on any atom is 0.317 e. The Morgan fingerprint density at radius 1 is 1.32 bits per heavy atom. The van der Waals surface area contributed by atoms with Crippen molar-refractivity contribution < 1.29 is 9.53 Å². The molecule has 1 aromatic rings. The third-order valence-electron chi connectivity index (χ3n) is 5.21. The van der Waals surface area contributed by atoms with E-state index >= 15 is 0 Å². The summed E-state index contributed by atoms with van der Waals surface area (Å²) in [6.45, 7) is 6.04. The van der Waals surface area contributed by atoms with E-state index in [1.165, 1.54) is 32.4 Å². The Hall–Kier alpha value is -1.67. The molecule has 25 heavy (non-hydrogen) atoms. The summed E-state index contributed by atoms with van der Waals surface area (Å²) in [5.41, 5.74) is 0. The van der Waals surface area contributed by atoms with E-state index in [0.29, 0.717) is 25.6 Å². The van der Waals surface area contributed by atoms with Crippen molar-refractivity contribution in [2.24, 2.45) is 0 Å². The van der Waals surface area contributed by atoms with E-state index in [0.717, 1.165) is 31.9 Å². The highest BCUT2D eigenvalue weighted by Crippen LogP contribution is 2.20. The van der Waals surface area contributed by atoms with Crippen LogP contribution in [0.15, 0.2) is 6.33 Å². The van der Waals surface area contributed by atoms with Crippen molar-refractivity contribution in [3.05, 3.63) is 12.2 Å². The number of likely N-dealkylation sites (tertiary alicyclic amines) is 2. The first-order valence-corrected chi connectivity index (χ1v) is 9.40. The first kappa shape index (κ1) is 18.1. The van der Waals surface area contributed by atoms with Crippen LogP contribution in [0.2, 0.25) is 0 Å². The molecule has 2 fully saturated rings. The summed E-state index contributed by atoms with van der Waals surface area (Å²) in [7, 11) is 1.68. The Labute approximate surface area is 149 Å². The Morgan fingerprint density at radius 3 is 2.96 bits per heavy atom. The molecule has 3 heterocycles. The molecule has 0 spiro atoms. The monoisotopic (exact) mass is 350 g/mol. The van der Waals surface area contributed by atoms with Crippen LogP contribution < -0.4 is 5.32 Å². The molecular weight excluding hydrogens is 320 g/mol. The molecular formula is C17H30N6O2. The van der Waals surface area contributed by atoms with Gasteiger partial charge < -0.3 is 19.5 Å². The van der Waals surface area contributed by atoms with Gasteiger partial charge in [0.05, 0.1) is 6.61 Å². The number of hydrogen-bond acceptors (Lipinski definition) is 5. The highest BCUT2D eigenvalue weighted by atomic mass is 16.5. The van der Waals surface area contributed by atoms with Crippen molar-refractivity contribution in [3.8, 4) is 0 Å². The molecule has 0 aromatic carbocycles. The van der Waals surface area contributed by atoms with Crippen LogP contribution in [-0.2, 0) is 17.7 Å². The lowest BCUT2D eigenvalue weighted by Gasteiger charge is -2.32. The maximum absolute atomic E-state index is 12.4. The number of piperidine rings is 1. The smallest absolute Gasteiger partial charge is 0.317 e. The minimum atomic E-state index is 0.0440. The van der Waals surface area contributed by atoms with Gasteiger partial charge in [0.2, 0.25) is 0 Å². The molecule has 1 atom stereocenters. The summed E-state index contributed by atoms with van der Waals surface area (Å²) in [6.07, 6.45) is 7.43. The lowest BCUT2D eigenvalue weighted by molar-refractivity contribution is 0.161. The number of hydrogen-bond donors (Lipinski definition) is 1. The third-order valence-corrected chi connectivity index (χ3v) is 5.21. The first-order chi connectivity index (χ1) is 12.3. The van der Waals surface area contributed by atoms with E-state index in [1.54, 1.807) is 13.4 Å². The second-order valence-electron chi connectivity index (χ2n) is 6.90. The standard InChI is InChI=1S/C17H30N6O2/c1-25-12-11-23-14-19-20-16(23)5-7-18-17(24)22-10-6-15(13-22)21-8-3-2-4-9-21/h14-15H,2-13H2,1H3,(H,18,24). The van der Waals surface area contributed by atoms with Gasteiger partial charge in [-0.25, -0.2) is 4.79 Å². The van der Waals surface area contributed by atoms with E-state index in [-0.39, 0.29) is 6.03 Å². The van der Waals surface area contributed by atoms with Gasteiger partial charge in [-0.1, -0.05) is 6.42 Å². The van der Waals surface area contributed by atoms with Gasteiger partial charge in [0.15, 0.2) is 0 Å². The highest BCUT2D eigenvalue weighted by Gasteiger charge is 2.30. The number of carbonyl (C=O) groups excluding carboxylic acids is 1. The lowest BCUT2D eigenvalue weighted by atomic mass is 10.1. The SMILES string of the molecule is COCCn1cnnc1CCNC(=O)N1CCC(N2CCCCC2)C1. The summed E-state index contributed by atoms with van der Waals surface area (Å²) >= 11 is 0. The van der Waals surface area contributed by atoms with Gasteiger partial charge >= 0.3 is 6.03 Å². The third kappa shape index (κ3) is 4.92. The number of carbonyl (C=O) groups is 1. The molecule has 3 rings (SSSR count). The number of nitrogens with one attached hydrogen (secondary N) is 1. The topological polar surface area (TPSA) is 75.5 Å². The van der Waals surface area contributed by atoms with Crippen molar-refractivity contribution in [1.82, 2.24) is 29.9 Å². The predicted octanol–water partition coefficient (Wildman–Crippen LogP) is 0.737. The molecule has 140 valence electrons. The molecule has 2 aliphatic rings. The molecule has 8 nitrogen and oxygen atoms in total. The molecule has 2 saturated heterocycles. The fraction of sp³-hybridized carbons (Fsp3) is 0.824. The summed E-state index contributed by atoms with van der Waals surface area (Å²) < 4.78 is 7.05. The quantitative estimate of drug-likeness (QED) is 0.785. The average molecular weight is 350 g/mol. The number of urea groups is 1. The Morgan fingerprint density at radius 2 is 2.16 bits per heavy atom. The summed E-state index contributed by atoms with van der Waals surface area (Å²) in [6, 6.07) is 0.589. The van der Waals surface area contributed by atoms with Crippen LogP contribution in [0.1, 0.15) is 31.5 Å². The van der Waals surface area contributed by atoms with Gasteiger partial charge in [-0.05, 0) is 32.4 Å². The highest BCUT2D eigenvalue weighted by molar-refractivity contribution is 5.74. The molecule has 2 amide bonds. The minimum Gasteiger partial charge on any atom is -0.383 e. The number of rotatable bonds is 7. The van der Waals surface area contributed by atoms with Gasteiger partial charge in [0.1, 0.15) is 12.2 Å². The molecule has 0 radical (unpaired) electrons. The number of amides is 2. The van der Waals surface area contributed by atoms with E-state index in [9.17, 15) is 4.79 Å². The van der Waals surface area contributed by atoms with Crippen LogP contribution in [0.3, 0.4) is 0 Å². The zero-order chi connectivity index (χ0) is 17.5. The first-order valence-electron chi connectivity index (χ1n) is 9.40. The second kappa shape index (κ2) is 9.15. The molecule has 8 heteroatoms. The largest absolute Gasteiger partial charge is 0.383 e. The number of nitrogens with zero attached hydrogens (tertiary/aromatic N) is 5. The summed E-state index contributed by atoms with van der Waals surface area (Å²) in [4.78, 5) is 16.9. The second-order valence-corrected chi connectivity index (χ2v) is 6.90. The molecule has 2 aliphatic heterocycles. The number of ether oxygens (including phenoxy) is 1.